The lowest BCUT2D eigenvalue weighted by Crippen LogP contribution is -2.37. The first kappa shape index (κ1) is 27.8. The molecule has 41 heavy (non-hydrogen) atoms. The maximum absolute atomic E-state index is 14.2. The summed E-state index contributed by atoms with van der Waals surface area (Å²) in [6, 6.07) is 12.9. The van der Waals surface area contributed by atoms with Gasteiger partial charge in [0.15, 0.2) is 11.6 Å². The van der Waals surface area contributed by atoms with Crippen LogP contribution < -0.4 is 15.6 Å². The molecule has 212 valence electrons. The first-order valence-corrected chi connectivity index (χ1v) is 12.6. The molecule has 9 nitrogen and oxygen atoms in total. The van der Waals surface area contributed by atoms with E-state index in [1.165, 1.54) is 42.6 Å². The van der Waals surface area contributed by atoms with Crippen LogP contribution in [0.1, 0.15) is 17.0 Å². The lowest BCUT2D eigenvalue weighted by Gasteiger charge is -2.27. The van der Waals surface area contributed by atoms with E-state index >= 15 is 0 Å². The maximum atomic E-state index is 14.2. The minimum absolute atomic E-state index is 0.0462. The number of phenols is 1. The molecule has 2 aromatic heterocycles. The molecule has 3 heterocycles. The van der Waals surface area contributed by atoms with E-state index in [0.29, 0.717) is 43.4 Å². The highest BCUT2D eigenvalue weighted by Crippen LogP contribution is 2.40. The number of aryl methyl sites for hydroxylation is 1. The molecule has 0 saturated carbocycles. The minimum atomic E-state index is -4.61. The number of rotatable bonds is 7. The SMILES string of the molecule is Cc1nc(/C=N/Nc2ncc(F)c(N3CCOCC3)n2)ccc1Nc1ccc(-c2cccc(O)c2)c(C(F)(F)F)c1. The van der Waals surface area contributed by atoms with Crippen LogP contribution in [0.4, 0.5) is 40.7 Å². The average Bonchev–Trinajstić information content (AvgIpc) is 2.95. The molecule has 0 bridgehead atoms. The standard InChI is InChI=1S/C28H25F4N7O2/c1-17-25(36-19-5-7-22(23(14-19)28(30,31)32)18-3-2-4-21(40)13-18)8-6-20(35-17)15-34-38-27-33-16-24(29)26(37-27)39-9-11-41-12-10-39/h2-8,13-16,36,40H,9-12H2,1H3,(H,33,37,38)/b34-15+. The molecule has 0 spiro atoms. The number of aromatic nitrogens is 3. The molecule has 13 heteroatoms. The molecule has 4 aromatic rings. The van der Waals surface area contributed by atoms with Crippen molar-refractivity contribution in [2.24, 2.45) is 5.10 Å². The van der Waals surface area contributed by atoms with Gasteiger partial charge >= 0.3 is 6.18 Å². The van der Waals surface area contributed by atoms with Crippen molar-refractivity contribution in [1.29, 1.82) is 0 Å². The molecule has 1 aliphatic rings. The predicted molar refractivity (Wildman–Crippen MR) is 147 cm³/mol. The monoisotopic (exact) mass is 567 g/mol. The Morgan fingerprint density at radius 3 is 2.59 bits per heavy atom. The largest absolute Gasteiger partial charge is 0.508 e. The lowest BCUT2D eigenvalue weighted by molar-refractivity contribution is -0.137. The van der Waals surface area contributed by atoms with Crippen LogP contribution in [0, 0.1) is 12.7 Å². The Labute approximate surface area is 232 Å². The quantitative estimate of drug-likeness (QED) is 0.148. The molecule has 1 aliphatic heterocycles. The third-order valence-corrected chi connectivity index (χ3v) is 6.27. The zero-order valence-electron chi connectivity index (χ0n) is 21.8. The third kappa shape index (κ3) is 6.69. The Balaban J connectivity index is 1.29. The number of phenolic OH excluding ortho intramolecular Hbond substituents is 1. The third-order valence-electron chi connectivity index (χ3n) is 6.27. The molecule has 0 unspecified atom stereocenters. The molecule has 0 amide bonds. The Hall–Kier alpha value is -4.78. The number of pyridine rings is 1. The molecule has 0 radical (unpaired) electrons. The van der Waals surface area contributed by atoms with Crippen molar-refractivity contribution in [2.75, 3.05) is 41.9 Å². The van der Waals surface area contributed by atoms with Crippen LogP contribution in [-0.4, -0.2) is 52.6 Å². The Bertz CT molecular complexity index is 1570. The number of hydrogen-bond acceptors (Lipinski definition) is 9. The van der Waals surface area contributed by atoms with Crippen LogP contribution >= 0.6 is 0 Å². The van der Waals surface area contributed by atoms with Gasteiger partial charge in [-0.2, -0.15) is 23.3 Å². The number of aromatic hydroxyl groups is 1. The second-order valence-corrected chi connectivity index (χ2v) is 9.14. The van der Waals surface area contributed by atoms with Gasteiger partial charge in [0.25, 0.3) is 0 Å². The molecule has 0 aliphatic carbocycles. The summed E-state index contributed by atoms with van der Waals surface area (Å²) in [5.74, 6) is -0.401. The van der Waals surface area contributed by atoms with Gasteiger partial charge in [0.05, 0.1) is 48.3 Å². The van der Waals surface area contributed by atoms with Crippen molar-refractivity contribution in [3.8, 4) is 16.9 Å². The van der Waals surface area contributed by atoms with E-state index in [0.717, 1.165) is 12.3 Å². The van der Waals surface area contributed by atoms with Crippen LogP contribution in [0.3, 0.4) is 0 Å². The first-order valence-electron chi connectivity index (χ1n) is 12.6. The summed E-state index contributed by atoms with van der Waals surface area (Å²) in [6.07, 6.45) is -2.13. The van der Waals surface area contributed by atoms with Crippen LogP contribution in [0.5, 0.6) is 5.75 Å². The van der Waals surface area contributed by atoms with Gasteiger partial charge in [-0.25, -0.2) is 19.8 Å². The summed E-state index contributed by atoms with van der Waals surface area (Å²) in [4.78, 5) is 14.3. The summed E-state index contributed by atoms with van der Waals surface area (Å²) >= 11 is 0. The Kier molecular flexibility index (Phi) is 7.97. The van der Waals surface area contributed by atoms with Crippen LogP contribution in [0.15, 0.2) is 65.9 Å². The van der Waals surface area contributed by atoms with Crippen molar-refractivity contribution < 1.29 is 27.4 Å². The van der Waals surface area contributed by atoms with Crippen molar-refractivity contribution >= 4 is 29.4 Å². The van der Waals surface area contributed by atoms with Crippen molar-refractivity contribution in [2.45, 2.75) is 13.1 Å². The molecule has 2 aromatic carbocycles. The second kappa shape index (κ2) is 11.8. The number of alkyl halides is 3. The first-order chi connectivity index (χ1) is 19.7. The van der Waals surface area contributed by atoms with Crippen LogP contribution in [0.2, 0.25) is 0 Å². The highest BCUT2D eigenvalue weighted by molar-refractivity contribution is 5.79. The Morgan fingerprint density at radius 2 is 1.85 bits per heavy atom. The van der Waals surface area contributed by atoms with Crippen molar-refractivity contribution in [3.63, 3.8) is 0 Å². The normalized spacial score (nSPS) is 13.9. The number of hydrogen-bond donors (Lipinski definition) is 3. The highest BCUT2D eigenvalue weighted by atomic mass is 19.4. The van der Waals surface area contributed by atoms with Gasteiger partial charge in [-0.1, -0.05) is 18.2 Å². The maximum Gasteiger partial charge on any atom is 0.417 e. The fourth-order valence-electron chi connectivity index (χ4n) is 4.29. The van der Waals surface area contributed by atoms with Crippen LogP contribution in [0.25, 0.3) is 11.1 Å². The predicted octanol–water partition coefficient (Wildman–Crippen LogP) is 5.74. The smallest absolute Gasteiger partial charge is 0.417 e. The van der Waals surface area contributed by atoms with E-state index in [2.05, 4.69) is 30.8 Å². The number of halogens is 4. The zero-order chi connectivity index (χ0) is 29.0. The number of hydrazone groups is 1. The summed E-state index contributed by atoms with van der Waals surface area (Å²) in [5, 5.41) is 16.8. The van der Waals surface area contributed by atoms with Crippen molar-refractivity contribution in [1.82, 2.24) is 15.0 Å². The summed E-state index contributed by atoms with van der Waals surface area (Å²) in [7, 11) is 0. The van der Waals surface area contributed by atoms with E-state index in [1.807, 2.05) is 0 Å². The Morgan fingerprint density at radius 1 is 1.05 bits per heavy atom. The molecule has 3 N–H and O–H groups in total. The molecule has 1 fully saturated rings. The molecule has 1 saturated heterocycles. The van der Waals surface area contributed by atoms with Gasteiger partial charge in [-0.05, 0) is 54.4 Å². The summed E-state index contributed by atoms with van der Waals surface area (Å²) in [6.45, 7) is 3.69. The van der Waals surface area contributed by atoms with Gasteiger partial charge in [0.1, 0.15) is 5.75 Å². The molecule has 0 atom stereocenters. The van der Waals surface area contributed by atoms with E-state index in [4.69, 9.17) is 4.74 Å². The minimum Gasteiger partial charge on any atom is -0.508 e. The van der Waals surface area contributed by atoms with E-state index in [-0.39, 0.29) is 34.3 Å². The van der Waals surface area contributed by atoms with E-state index < -0.39 is 17.6 Å². The summed E-state index contributed by atoms with van der Waals surface area (Å²) in [5.41, 5.74) is 3.74. The number of benzene rings is 2. The number of ether oxygens (including phenoxy) is 1. The van der Waals surface area contributed by atoms with Gasteiger partial charge in [0, 0.05) is 18.8 Å². The van der Waals surface area contributed by atoms with Gasteiger partial charge in [-0.15, -0.1) is 0 Å². The molecular weight excluding hydrogens is 542 g/mol. The average molecular weight is 568 g/mol. The highest BCUT2D eigenvalue weighted by Gasteiger charge is 2.34. The lowest BCUT2D eigenvalue weighted by atomic mass is 9.98. The number of nitrogens with one attached hydrogen (secondary N) is 2. The summed E-state index contributed by atoms with van der Waals surface area (Å²) < 4.78 is 61.2. The van der Waals surface area contributed by atoms with E-state index in [1.54, 1.807) is 24.0 Å². The van der Waals surface area contributed by atoms with Crippen molar-refractivity contribution in [3.05, 3.63) is 83.6 Å². The number of anilines is 4. The fraction of sp³-hybridized carbons (Fsp3) is 0.214. The second-order valence-electron chi connectivity index (χ2n) is 9.14. The van der Waals surface area contributed by atoms with Gasteiger partial charge < -0.3 is 20.1 Å². The molecular formula is C28H25F4N7O2. The number of nitrogens with zero attached hydrogens (tertiary/aromatic N) is 5. The van der Waals surface area contributed by atoms with Crippen LogP contribution in [-0.2, 0) is 10.9 Å². The number of morpholine rings is 1. The van der Waals surface area contributed by atoms with Gasteiger partial charge in [-0.3, -0.25) is 0 Å². The zero-order valence-corrected chi connectivity index (χ0v) is 21.8. The van der Waals surface area contributed by atoms with E-state index in [9.17, 15) is 22.7 Å². The van der Waals surface area contributed by atoms with Gasteiger partial charge in [0.2, 0.25) is 5.95 Å². The fourth-order valence-corrected chi connectivity index (χ4v) is 4.29. The topological polar surface area (TPSA) is 108 Å². The molecule has 5 rings (SSSR count).